The van der Waals surface area contributed by atoms with Crippen LogP contribution in [0.2, 0.25) is 5.02 Å². The summed E-state index contributed by atoms with van der Waals surface area (Å²) in [5, 5.41) is 13.1. The zero-order valence-electron chi connectivity index (χ0n) is 18.2. The van der Waals surface area contributed by atoms with Gasteiger partial charge in [0, 0.05) is 17.3 Å². The van der Waals surface area contributed by atoms with Gasteiger partial charge < -0.3 is 24.6 Å². The minimum atomic E-state index is -0.988. The lowest BCUT2D eigenvalue weighted by molar-refractivity contribution is -0.150. The van der Waals surface area contributed by atoms with Gasteiger partial charge in [-0.05, 0) is 49.7 Å². The van der Waals surface area contributed by atoms with E-state index in [2.05, 4.69) is 10.3 Å². The number of aromatic nitrogens is 1. The third-order valence-corrected chi connectivity index (χ3v) is 4.91. The normalized spacial score (nSPS) is 12.4. The highest BCUT2D eigenvalue weighted by Crippen LogP contribution is 2.29. The average molecular weight is 471 g/mol. The van der Waals surface area contributed by atoms with Gasteiger partial charge in [0.05, 0.1) is 7.11 Å². The Labute approximate surface area is 196 Å². The number of aromatic hydroxyl groups is 1. The molecule has 1 aromatic heterocycles. The van der Waals surface area contributed by atoms with E-state index in [0.29, 0.717) is 22.1 Å². The van der Waals surface area contributed by atoms with Crippen molar-refractivity contribution in [3.8, 4) is 23.0 Å². The first-order valence-electron chi connectivity index (χ1n) is 10.0. The number of benzene rings is 2. The summed E-state index contributed by atoms with van der Waals surface area (Å²) in [6, 6.07) is 14.5. The van der Waals surface area contributed by atoms with E-state index in [4.69, 9.17) is 25.8 Å². The van der Waals surface area contributed by atoms with Crippen LogP contribution in [0.5, 0.6) is 23.0 Å². The van der Waals surface area contributed by atoms with E-state index in [1.54, 1.807) is 55.5 Å². The second-order valence-electron chi connectivity index (χ2n) is 7.12. The number of ether oxygens (including phenoxy) is 3. The third-order valence-electron chi connectivity index (χ3n) is 4.68. The summed E-state index contributed by atoms with van der Waals surface area (Å²) in [7, 11) is 1.35. The number of amides is 1. The number of halogens is 1. The second-order valence-corrected chi connectivity index (χ2v) is 7.55. The van der Waals surface area contributed by atoms with Crippen LogP contribution in [0.15, 0.2) is 60.8 Å². The number of pyridine rings is 1. The van der Waals surface area contributed by atoms with Crippen molar-refractivity contribution in [2.75, 3.05) is 7.11 Å². The largest absolute Gasteiger partial charge is 0.503 e. The SMILES string of the molecule is COc1ccnc(C(=O)N[C@@H](C)C(=O)O[C@@H](C)c2cccc(Oc3cccc(Cl)c3)c2)c1O. The summed E-state index contributed by atoms with van der Waals surface area (Å²) in [5.74, 6) is -0.574. The van der Waals surface area contributed by atoms with Crippen molar-refractivity contribution in [1.82, 2.24) is 10.3 Å². The van der Waals surface area contributed by atoms with Gasteiger partial charge >= 0.3 is 5.97 Å². The van der Waals surface area contributed by atoms with Gasteiger partial charge in [-0.25, -0.2) is 9.78 Å². The first-order valence-corrected chi connectivity index (χ1v) is 10.4. The van der Waals surface area contributed by atoms with E-state index >= 15 is 0 Å². The van der Waals surface area contributed by atoms with E-state index in [-0.39, 0.29) is 11.4 Å². The van der Waals surface area contributed by atoms with Crippen LogP contribution in [0.4, 0.5) is 0 Å². The summed E-state index contributed by atoms with van der Waals surface area (Å²) >= 11 is 5.99. The summed E-state index contributed by atoms with van der Waals surface area (Å²) in [6.45, 7) is 3.18. The van der Waals surface area contributed by atoms with Gasteiger partial charge in [0.25, 0.3) is 5.91 Å². The molecule has 3 aromatic rings. The molecular formula is C24H23ClN2O6. The number of nitrogens with one attached hydrogen (secondary N) is 1. The van der Waals surface area contributed by atoms with Gasteiger partial charge in [0.1, 0.15) is 23.6 Å². The smallest absolute Gasteiger partial charge is 0.328 e. The lowest BCUT2D eigenvalue weighted by atomic mass is 10.1. The molecule has 0 saturated heterocycles. The molecular weight excluding hydrogens is 448 g/mol. The quantitative estimate of drug-likeness (QED) is 0.461. The number of carbonyl (C=O) groups excluding carboxylic acids is 2. The van der Waals surface area contributed by atoms with E-state index in [1.807, 2.05) is 0 Å². The van der Waals surface area contributed by atoms with Crippen LogP contribution in [0.1, 0.15) is 36.0 Å². The lowest BCUT2D eigenvalue weighted by Gasteiger charge is -2.19. The highest BCUT2D eigenvalue weighted by atomic mass is 35.5. The zero-order chi connectivity index (χ0) is 24.0. The molecule has 0 aliphatic rings. The van der Waals surface area contributed by atoms with Crippen LogP contribution in [-0.2, 0) is 9.53 Å². The average Bonchev–Trinajstić information content (AvgIpc) is 2.79. The molecule has 0 aliphatic carbocycles. The van der Waals surface area contributed by atoms with Crippen LogP contribution < -0.4 is 14.8 Å². The minimum absolute atomic E-state index is 0.0962. The van der Waals surface area contributed by atoms with Gasteiger partial charge in [-0.2, -0.15) is 0 Å². The van der Waals surface area contributed by atoms with Crippen LogP contribution in [-0.4, -0.2) is 35.1 Å². The topological polar surface area (TPSA) is 107 Å². The summed E-state index contributed by atoms with van der Waals surface area (Å²) in [5.41, 5.74) is 0.446. The predicted molar refractivity (Wildman–Crippen MR) is 122 cm³/mol. The Morgan fingerprint density at radius 1 is 1.06 bits per heavy atom. The molecule has 0 saturated carbocycles. The molecule has 1 heterocycles. The molecule has 2 N–H and O–H groups in total. The first-order chi connectivity index (χ1) is 15.8. The molecule has 0 radical (unpaired) electrons. The Hall–Kier alpha value is -3.78. The monoisotopic (exact) mass is 470 g/mol. The summed E-state index contributed by atoms with van der Waals surface area (Å²) in [4.78, 5) is 28.8. The van der Waals surface area contributed by atoms with Gasteiger partial charge in [-0.3, -0.25) is 4.79 Å². The van der Waals surface area contributed by atoms with Crippen molar-refractivity contribution in [2.45, 2.75) is 26.0 Å². The van der Waals surface area contributed by atoms with Crippen molar-refractivity contribution in [2.24, 2.45) is 0 Å². The summed E-state index contributed by atoms with van der Waals surface area (Å²) < 4.78 is 16.3. The van der Waals surface area contributed by atoms with Crippen LogP contribution in [0.25, 0.3) is 0 Å². The number of hydrogen-bond acceptors (Lipinski definition) is 7. The van der Waals surface area contributed by atoms with E-state index in [0.717, 1.165) is 0 Å². The second kappa shape index (κ2) is 10.7. The van der Waals surface area contributed by atoms with Gasteiger partial charge in [0.2, 0.25) is 0 Å². The van der Waals surface area contributed by atoms with Gasteiger partial charge in [-0.15, -0.1) is 0 Å². The molecule has 0 fully saturated rings. The van der Waals surface area contributed by atoms with Gasteiger partial charge in [-0.1, -0.05) is 29.8 Å². The molecule has 3 rings (SSSR count). The molecule has 33 heavy (non-hydrogen) atoms. The van der Waals surface area contributed by atoms with Crippen LogP contribution >= 0.6 is 11.6 Å². The Balaban J connectivity index is 1.62. The molecule has 2 atom stereocenters. The number of nitrogens with zero attached hydrogens (tertiary/aromatic N) is 1. The fourth-order valence-electron chi connectivity index (χ4n) is 2.93. The predicted octanol–water partition coefficient (Wildman–Crippen LogP) is 4.66. The first kappa shape index (κ1) is 23.9. The van der Waals surface area contributed by atoms with Crippen molar-refractivity contribution in [3.05, 3.63) is 77.1 Å². The Morgan fingerprint density at radius 3 is 2.45 bits per heavy atom. The van der Waals surface area contributed by atoms with E-state index in [9.17, 15) is 14.7 Å². The number of esters is 1. The van der Waals surface area contributed by atoms with E-state index in [1.165, 1.54) is 26.3 Å². The Bertz CT molecular complexity index is 1150. The van der Waals surface area contributed by atoms with Crippen LogP contribution in [0.3, 0.4) is 0 Å². The molecule has 8 nitrogen and oxygen atoms in total. The maximum atomic E-state index is 12.5. The number of carbonyl (C=O) groups is 2. The highest BCUT2D eigenvalue weighted by molar-refractivity contribution is 6.30. The fraction of sp³-hybridized carbons (Fsp3) is 0.208. The number of rotatable bonds is 8. The molecule has 0 aliphatic heterocycles. The van der Waals surface area contributed by atoms with Crippen molar-refractivity contribution >= 4 is 23.5 Å². The van der Waals surface area contributed by atoms with E-state index < -0.39 is 29.8 Å². The van der Waals surface area contributed by atoms with Crippen molar-refractivity contribution < 1.29 is 28.9 Å². The molecule has 0 unspecified atom stereocenters. The molecule has 2 aromatic carbocycles. The standard InChI is InChI=1S/C24H23ClN2O6/c1-14(27-23(29)21-22(28)20(31-3)10-11-26-21)24(30)32-15(2)16-6-4-8-18(12-16)33-19-9-5-7-17(25)13-19/h4-15,28H,1-3H3,(H,27,29)/t14-,15-/m0/s1. The maximum absolute atomic E-state index is 12.5. The van der Waals surface area contributed by atoms with Crippen molar-refractivity contribution in [3.63, 3.8) is 0 Å². The number of methoxy groups -OCH3 is 1. The Morgan fingerprint density at radius 2 is 1.76 bits per heavy atom. The van der Waals surface area contributed by atoms with Crippen molar-refractivity contribution in [1.29, 1.82) is 0 Å². The molecule has 0 spiro atoms. The minimum Gasteiger partial charge on any atom is -0.503 e. The van der Waals surface area contributed by atoms with Crippen LogP contribution in [0, 0.1) is 0 Å². The number of hydrogen-bond donors (Lipinski definition) is 2. The third kappa shape index (κ3) is 6.14. The summed E-state index contributed by atoms with van der Waals surface area (Å²) in [6.07, 6.45) is 0.708. The maximum Gasteiger partial charge on any atom is 0.328 e. The fourth-order valence-corrected chi connectivity index (χ4v) is 3.11. The molecule has 172 valence electrons. The Kier molecular flexibility index (Phi) is 7.74. The molecule has 9 heteroatoms. The van der Waals surface area contributed by atoms with Gasteiger partial charge in [0.15, 0.2) is 17.2 Å². The molecule has 1 amide bonds. The zero-order valence-corrected chi connectivity index (χ0v) is 19.0. The molecule has 0 bridgehead atoms. The lowest BCUT2D eigenvalue weighted by Crippen LogP contribution is -2.40. The highest BCUT2D eigenvalue weighted by Gasteiger charge is 2.24.